The summed E-state index contributed by atoms with van der Waals surface area (Å²) < 4.78 is 0. The van der Waals surface area contributed by atoms with Gasteiger partial charge in [-0.3, -0.25) is 4.98 Å². The molecule has 1 heterocycles. The molecule has 0 saturated heterocycles. The van der Waals surface area contributed by atoms with Crippen molar-refractivity contribution < 1.29 is 0 Å². The Bertz CT molecular complexity index is 385. The molecule has 1 N–H and O–H groups in total. The van der Waals surface area contributed by atoms with Crippen molar-refractivity contribution in [3.05, 3.63) is 30.1 Å². The minimum absolute atomic E-state index is 0.190. The Kier molecular flexibility index (Phi) is 4.29. The van der Waals surface area contributed by atoms with Gasteiger partial charge in [-0.15, -0.1) is 0 Å². The fraction of sp³-hybridized carbons (Fsp3) is 0.706. The van der Waals surface area contributed by atoms with Crippen LogP contribution >= 0.6 is 0 Å². The fourth-order valence-electron chi connectivity index (χ4n) is 3.28. The minimum Gasteiger partial charge on any atom is -0.311 e. The number of rotatable bonds is 5. The third kappa shape index (κ3) is 3.56. The zero-order valence-corrected chi connectivity index (χ0v) is 12.9. The van der Waals surface area contributed by atoms with Crippen LogP contribution in [0.4, 0.5) is 0 Å². The maximum Gasteiger partial charge on any atom is 0.0270 e. The standard InChI is InChI=1S/C17H28N2/c1-5-6-14-11-17(12-14,13-19-16(2,3)4)15-7-9-18-10-8-15/h7-10,14,19H,5-6,11-13H2,1-4H3. The molecule has 1 fully saturated rings. The van der Waals surface area contributed by atoms with Gasteiger partial charge in [0.05, 0.1) is 0 Å². The van der Waals surface area contributed by atoms with E-state index in [4.69, 9.17) is 0 Å². The summed E-state index contributed by atoms with van der Waals surface area (Å²) in [4.78, 5) is 4.16. The van der Waals surface area contributed by atoms with Crippen molar-refractivity contribution in [3.63, 3.8) is 0 Å². The van der Waals surface area contributed by atoms with Crippen molar-refractivity contribution in [2.75, 3.05) is 6.54 Å². The third-order valence-corrected chi connectivity index (χ3v) is 4.31. The molecule has 0 atom stereocenters. The summed E-state index contributed by atoms with van der Waals surface area (Å²) in [5.41, 5.74) is 2.00. The SMILES string of the molecule is CCCC1CC(CNC(C)(C)C)(c2ccncc2)C1. The van der Waals surface area contributed by atoms with E-state index in [-0.39, 0.29) is 5.54 Å². The molecule has 2 nitrogen and oxygen atoms in total. The molecule has 1 aliphatic carbocycles. The maximum absolute atomic E-state index is 4.16. The molecule has 2 rings (SSSR count). The highest BCUT2D eigenvalue weighted by atomic mass is 15.0. The molecule has 0 radical (unpaired) electrons. The van der Waals surface area contributed by atoms with Crippen molar-refractivity contribution in [2.24, 2.45) is 5.92 Å². The van der Waals surface area contributed by atoms with Gasteiger partial charge in [0.2, 0.25) is 0 Å². The molecule has 0 aromatic carbocycles. The molecule has 0 spiro atoms. The smallest absolute Gasteiger partial charge is 0.0270 e. The zero-order valence-electron chi connectivity index (χ0n) is 12.9. The predicted octanol–water partition coefficient (Wildman–Crippen LogP) is 3.92. The van der Waals surface area contributed by atoms with E-state index in [1.807, 2.05) is 12.4 Å². The molecule has 0 unspecified atom stereocenters. The second-order valence-corrected chi connectivity index (χ2v) is 7.18. The van der Waals surface area contributed by atoms with E-state index in [0.717, 1.165) is 12.5 Å². The third-order valence-electron chi connectivity index (χ3n) is 4.31. The molecule has 2 heteroatoms. The van der Waals surface area contributed by atoms with Crippen LogP contribution in [0.15, 0.2) is 24.5 Å². The average molecular weight is 260 g/mol. The van der Waals surface area contributed by atoms with E-state index in [1.165, 1.54) is 31.2 Å². The van der Waals surface area contributed by atoms with E-state index in [9.17, 15) is 0 Å². The van der Waals surface area contributed by atoms with Crippen LogP contribution in [0, 0.1) is 5.92 Å². The van der Waals surface area contributed by atoms with Crippen LogP contribution < -0.4 is 5.32 Å². The Balaban J connectivity index is 2.08. The van der Waals surface area contributed by atoms with Gasteiger partial charge in [-0.05, 0) is 57.2 Å². The molecule has 1 aromatic rings. The summed E-state index contributed by atoms with van der Waals surface area (Å²) in [6.45, 7) is 10.1. The lowest BCUT2D eigenvalue weighted by atomic mass is 9.57. The maximum atomic E-state index is 4.16. The zero-order chi connectivity index (χ0) is 13.9. The lowest BCUT2D eigenvalue weighted by Gasteiger charge is -2.50. The summed E-state index contributed by atoms with van der Waals surface area (Å²) in [5.74, 6) is 0.917. The van der Waals surface area contributed by atoms with Crippen LogP contribution in [-0.4, -0.2) is 17.1 Å². The first-order valence-electron chi connectivity index (χ1n) is 7.61. The van der Waals surface area contributed by atoms with Gasteiger partial charge in [-0.1, -0.05) is 19.8 Å². The Hall–Kier alpha value is -0.890. The molecule has 106 valence electrons. The van der Waals surface area contributed by atoms with Gasteiger partial charge >= 0.3 is 0 Å². The van der Waals surface area contributed by atoms with Crippen LogP contribution in [0.2, 0.25) is 0 Å². The van der Waals surface area contributed by atoms with Gasteiger partial charge in [-0.25, -0.2) is 0 Å². The van der Waals surface area contributed by atoms with E-state index in [1.54, 1.807) is 0 Å². The van der Waals surface area contributed by atoms with Crippen molar-refractivity contribution in [1.29, 1.82) is 0 Å². The van der Waals surface area contributed by atoms with Crippen LogP contribution in [0.3, 0.4) is 0 Å². The Morgan fingerprint density at radius 3 is 2.42 bits per heavy atom. The van der Waals surface area contributed by atoms with Gasteiger partial charge in [0.1, 0.15) is 0 Å². The lowest BCUT2D eigenvalue weighted by molar-refractivity contribution is 0.120. The minimum atomic E-state index is 0.190. The van der Waals surface area contributed by atoms with Crippen LogP contribution in [0.1, 0.15) is 58.9 Å². The summed E-state index contributed by atoms with van der Waals surface area (Å²) in [5, 5.41) is 3.71. The monoisotopic (exact) mass is 260 g/mol. The second kappa shape index (κ2) is 5.62. The second-order valence-electron chi connectivity index (χ2n) is 7.18. The van der Waals surface area contributed by atoms with Crippen LogP contribution in [-0.2, 0) is 5.41 Å². The van der Waals surface area contributed by atoms with E-state index < -0.39 is 0 Å². The highest BCUT2D eigenvalue weighted by Gasteiger charge is 2.44. The topological polar surface area (TPSA) is 24.9 Å². The number of aromatic nitrogens is 1. The fourth-order valence-corrected chi connectivity index (χ4v) is 3.28. The molecule has 1 saturated carbocycles. The highest BCUT2D eigenvalue weighted by Crippen LogP contribution is 2.49. The van der Waals surface area contributed by atoms with Gasteiger partial charge < -0.3 is 5.32 Å². The number of nitrogens with one attached hydrogen (secondary N) is 1. The van der Waals surface area contributed by atoms with Crippen molar-refractivity contribution in [1.82, 2.24) is 10.3 Å². The molecule has 0 amide bonds. The van der Waals surface area contributed by atoms with Crippen molar-refractivity contribution in [2.45, 2.75) is 64.3 Å². The van der Waals surface area contributed by atoms with Gasteiger partial charge in [0.15, 0.2) is 0 Å². The predicted molar refractivity (Wildman–Crippen MR) is 81.3 cm³/mol. The molecule has 0 aliphatic heterocycles. The van der Waals surface area contributed by atoms with E-state index in [2.05, 4.69) is 50.1 Å². The Morgan fingerprint density at radius 2 is 1.89 bits per heavy atom. The molecular weight excluding hydrogens is 232 g/mol. The van der Waals surface area contributed by atoms with E-state index >= 15 is 0 Å². The molecular formula is C17H28N2. The summed E-state index contributed by atoms with van der Waals surface area (Å²) in [6, 6.07) is 4.40. The highest BCUT2D eigenvalue weighted by molar-refractivity contribution is 5.27. The largest absolute Gasteiger partial charge is 0.311 e. The number of hydrogen-bond acceptors (Lipinski definition) is 2. The van der Waals surface area contributed by atoms with Crippen molar-refractivity contribution in [3.8, 4) is 0 Å². The van der Waals surface area contributed by atoms with Crippen molar-refractivity contribution >= 4 is 0 Å². The van der Waals surface area contributed by atoms with Crippen LogP contribution in [0.5, 0.6) is 0 Å². The molecule has 0 bridgehead atoms. The summed E-state index contributed by atoms with van der Waals surface area (Å²) >= 11 is 0. The first kappa shape index (κ1) is 14.5. The summed E-state index contributed by atoms with van der Waals surface area (Å²) in [6.07, 6.45) is 9.21. The Morgan fingerprint density at radius 1 is 1.26 bits per heavy atom. The van der Waals surface area contributed by atoms with Gasteiger partial charge in [0.25, 0.3) is 0 Å². The normalized spacial score (nSPS) is 27.1. The van der Waals surface area contributed by atoms with Gasteiger partial charge in [0, 0.05) is 29.9 Å². The molecule has 1 aromatic heterocycles. The number of pyridine rings is 1. The molecule has 19 heavy (non-hydrogen) atoms. The lowest BCUT2D eigenvalue weighted by Crippen LogP contribution is -2.52. The molecule has 1 aliphatic rings. The first-order valence-corrected chi connectivity index (χ1v) is 7.61. The van der Waals surface area contributed by atoms with Crippen LogP contribution in [0.25, 0.3) is 0 Å². The number of nitrogens with zero attached hydrogens (tertiary/aromatic N) is 1. The Labute approximate surface area is 118 Å². The van der Waals surface area contributed by atoms with Gasteiger partial charge in [-0.2, -0.15) is 0 Å². The van der Waals surface area contributed by atoms with E-state index in [0.29, 0.717) is 5.41 Å². The average Bonchev–Trinajstić information content (AvgIpc) is 2.32. The first-order chi connectivity index (χ1) is 8.95. The quantitative estimate of drug-likeness (QED) is 0.868. The number of hydrogen-bond donors (Lipinski definition) is 1. The summed E-state index contributed by atoms with van der Waals surface area (Å²) in [7, 11) is 0.